The first kappa shape index (κ1) is 11.1. The zero-order valence-electron chi connectivity index (χ0n) is 9.89. The number of anilines is 1. The quantitative estimate of drug-likeness (QED) is 0.804. The molecule has 0 amide bonds. The number of aromatic nitrogens is 2. The number of nitrogens with two attached hydrogens (primary N) is 1. The van der Waals surface area contributed by atoms with E-state index < -0.39 is 0 Å². The van der Waals surface area contributed by atoms with Crippen LogP contribution in [0, 0.1) is 12.3 Å². The molecule has 0 aromatic carbocycles. The summed E-state index contributed by atoms with van der Waals surface area (Å²) in [5.74, 6) is 0.784. The normalized spacial score (nSPS) is 12.1. The van der Waals surface area contributed by atoms with Crippen molar-refractivity contribution in [1.82, 2.24) is 9.78 Å². The van der Waals surface area contributed by atoms with Crippen molar-refractivity contribution in [2.45, 2.75) is 40.5 Å². The Morgan fingerprint density at radius 3 is 2.36 bits per heavy atom. The van der Waals surface area contributed by atoms with Gasteiger partial charge in [-0.05, 0) is 18.8 Å². The van der Waals surface area contributed by atoms with Crippen LogP contribution >= 0.6 is 0 Å². The van der Waals surface area contributed by atoms with Gasteiger partial charge in [0.15, 0.2) is 0 Å². The van der Waals surface area contributed by atoms with Crippen LogP contribution in [-0.2, 0) is 13.5 Å². The summed E-state index contributed by atoms with van der Waals surface area (Å²) >= 11 is 0. The van der Waals surface area contributed by atoms with Gasteiger partial charge in [0.1, 0.15) is 5.82 Å². The van der Waals surface area contributed by atoms with Crippen LogP contribution in [0.2, 0.25) is 0 Å². The van der Waals surface area contributed by atoms with E-state index in [1.165, 1.54) is 0 Å². The largest absolute Gasteiger partial charge is 0.384 e. The minimum absolute atomic E-state index is 0.311. The van der Waals surface area contributed by atoms with E-state index in [4.69, 9.17) is 5.73 Å². The van der Waals surface area contributed by atoms with Crippen LogP contribution in [0.5, 0.6) is 0 Å². The molecule has 0 fully saturated rings. The highest BCUT2D eigenvalue weighted by atomic mass is 15.3. The predicted molar refractivity (Wildman–Crippen MR) is 60.1 cm³/mol. The fraction of sp³-hybridized carbons (Fsp3) is 0.727. The molecular formula is C11H21N3. The summed E-state index contributed by atoms with van der Waals surface area (Å²) in [6.07, 6.45) is 2.16. The highest BCUT2D eigenvalue weighted by Gasteiger charge is 2.20. The molecule has 0 saturated heterocycles. The molecule has 0 aliphatic heterocycles. The lowest BCUT2D eigenvalue weighted by Crippen LogP contribution is -2.14. The number of aryl methyl sites for hydroxylation is 1. The maximum atomic E-state index is 5.86. The summed E-state index contributed by atoms with van der Waals surface area (Å²) in [5.41, 5.74) is 8.44. The third-order valence-electron chi connectivity index (χ3n) is 3.04. The molecule has 0 aliphatic carbocycles. The molecule has 1 aromatic rings. The Labute approximate surface area is 86.3 Å². The van der Waals surface area contributed by atoms with Crippen LogP contribution in [-0.4, -0.2) is 9.78 Å². The maximum absolute atomic E-state index is 5.86. The summed E-state index contributed by atoms with van der Waals surface area (Å²) < 4.78 is 1.76. The first-order valence-electron chi connectivity index (χ1n) is 5.15. The molecule has 3 heteroatoms. The van der Waals surface area contributed by atoms with Gasteiger partial charge in [0, 0.05) is 12.6 Å². The van der Waals surface area contributed by atoms with Crippen molar-refractivity contribution < 1.29 is 0 Å². The van der Waals surface area contributed by atoms with Crippen LogP contribution < -0.4 is 5.73 Å². The summed E-state index contributed by atoms with van der Waals surface area (Å²) in [6, 6.07) is 0. The molecule has 0 radical (unpaired) electrons. The monoisotopic (exact) mass is 195 g/mol. The van der Waals surface area contributed by atoms with E-state index in [0.29, 0.717) is 5.41 Å². The fourth-order valence-corrected chi connectivity index (χ4v) is 1.45. The summed E-state index contributed by atoms with van der Waals surface area (Å²) in [5, 5.41) is 4.43. The lowest BCUT2D eigenvalue weighted by molar-refractivity contribution is 0.344. The Kier molecular flexibility index (Phi) is 2.88. The molecule has 2 N–H and O–H groups in total. The van der Waals surface area contributed by atoms with Crippen LogP contribution in [0.3, 0.4) is 0 Å². The zero-order chi connectivity index (χ0) is 10.9. The van der Waals surface area contributed by atoms with Gasteiger partial charge in [-0.1, -0.05) is 27.2 Å². The van der Waals surface area contributed by atoms with Gasteiger partial charge in [-0.25, -0.2) is 0 Å². The highest BCUT2D eigenvalue weighted by molar-refractivity contribution is 5.42. The molecule has 80 valence electrons. The van der Waals surface area contributed by atoms with Crippen molar-refractivity contribution in [2.24, 2.45) is 12.5 Å². The number of hydrogen-bond donors (Lipinski definition) is 1. The van der Waals surface area contributed by atoms with Crippen LogP contribution in [0.4, 0.5) is 5.82 Å². The molecule has 0 bridgehead atoms. The van der Waals surface area contributed by atoms with E-state index in [-0.39, 0.29) is 0 Å². The standard InChI is InChI=1S/C11H21N3/c1-6-11(3,4)7-9-8(2)10(12)14(5)13-9/h6-7,12H2,1-5H3. The summed E-state index contributed by atoms with van der Waals surface area (Å²) in [7, 11) is 1.89. The third kappa shape index (κ3) is 2.08. The van der Waals surface area contributed by atoms with Gasteiger partial charge < -0.3 is 5.73 Å². The van der Waals surface area contributed by atoms with Gasteiger partial charge in [-0.15, -0.1) is 0 Å². The Bertz CT molecular complexity index is 324. The maximum Gasteiger partial charge on any atom is 0.124 e. The van der Waals surface area contributed by atoms with Crippen LogP contribution in [0.15, 0.2) is 0 Å². The lowest BCUT2D eigenvalue weighted by Gasteiger charge is -2.21. The van der Waals surface area contributed by atoms with Crippen molar-refractivity contribution in [2.75, 3.05) is 5.73 Å². The number of rotatable bonds is 3. The van der Waals surface area contributed by atoms with E-state index in [9.17, 15) is 0 Å². The molecule has 3 nitrogen and oxygen atoms in total. The average Bonchev–Trinajstić information content (AvgIpc) is 2.33. The number of nitrogen functional groups attached to an aromatic ring is 1. The Morgan fingerprint density at radius 1 is 1.43 bits per heavy atom. The van der Waals surface area contributed by atoms with E-state index in [1.807, 2.05) is 14.0 Å². The fourth-order valence-electron chi connectivity index (χ4n) is 1.45. The Hall–Kier alpha value is -0.990. The minimum Gasteiger partial charge on any atom is -0.384 e. The smallest absolute Gasteiger partial charge is 0.124 e. The molecule has 1 heterocycles. The van der Waals surface area contributed by atoms with E-state index in [1.54, 1.807) is 4.68 Å². The van der Waals surface area contributed by atoms with E-state index in [0.717, 1.165) is 29.9 Å². The first-order chi connectivity index (χ1) is 6.37. The van der Waals surface area contributed by atoms with Crippen LogP contribution in [0.25, 0.3) is 0 Å². The Balaban J connectivity index is 2.93. The van der Waals surface area contributed by atoms with Gasteiger partial charge in [0.2, 0.25) is 0 Å². The third-order valence-corrected chi connectivity index (χ3v) is 3.04. The van der Waals surface area contributed by atoms with Gasteiger partial charge in [0.05, 0.1) is 5.69 Å². The second-order valence-electron chi connectivity index (χ2n) is 4.78. The lowest BCUT2D eigenvalue weighted by atomic mass is 9.84. The van der Waals surface area contributed by atoms with Crippen molar-refractivity contribution in [1.29, 1.82) is 0 Å². The molecule has 14 heavy (non-hydrogen) atoms. The van der Waals surface area contributed by atoms with Gasteiger partial charge in [-0.2, -0.15) is 5.10 Å². The first-order valence-corrected chi connectivity index (χ1v) is 5.15. The van der Waals surface area contributed by atoms with Crippen LogP contribution in [0.1, 0.15) is 38.4 Å². The molecule has 0 aliphatic rings. The minimum atomic E-state index is 0.311. The molecule has 0 atom stereocenters. The molecule has 0 saturated carbocycles. The van der Waals surface area contributed by atoms with Crippen molar-refractivity contribution in [3.05, 3.63) is 11.3 Å². The second kappa shape index (κ2) is 3.64. The number of hydrogen-bond acceptors (Lipinski definition) is 2. The summed E-state index contributed by atoms with van der Waals surface area (Å²) in [4.78, 5) is 0. The molecule has 1 rings (SSSR count). The molecular weight excluding hydrogens is 174 g/mol. The highest BCUT2D eigenvalue weighted by Crippen LogP contribution is 2.27. The van der Waals surface area contributed by atoms with E-state index in [2.05, 4.69) is 25.9 Å². The Morgan fingerprint density at radius 2 is 2.00 bits per heavy atom. The number of nitrogens with zero attached hydrogens (tertiary/aromatic N) is 2. The van der Waals surface area contributed by atoms with Crippen molar-refractivity contribution >= 4 is 5.82 Å². The van der Waals surface area contributed by atoms with Crippen molar-refractivity contribution in [3.63, 3.8) is 0 Å². The summed E-state index contributed by atoms with van der Waals surface area (Å²) in [6.45, 7) is 8.78. The van der Waals surface area contributed by atoms with Gasteiger partial charge in [-0.3, -0.25) is 4.68 Å². The molecule has 0 unspecified atom stereocenters. The zero-order valence-corrected chi connectivity index (χ0v) is 9.89. The SMILES string of the molecule is CCC(C)(C)Cc1nn(C)c(N)c1C. The second-order valence-corrected chi connectivity index (χ2v) is 4.78. The molecule has 0 spiro atoms. The topological polar surface area (TPSA) is 43.8 Å². The predicted octanol–water partition coefficient (Wildman–Crippen LogP) is 2.29. The molecule has 1 aromatic heterocycles. The van der Waals surface area contributed by atoms with Crippen molar-refractivity contribution in [3.8, 4) is 0 Å². The average molecular weight is 195 g/mol. The van der Waals surface area contributed by atoms with E-state index >= 15 is 0 Å². The van der Waals surface area contributed by atoms with Gasteiger partial charge in [0.25, 0.3) is 0 Å². The van der Waals surface area contributed by atoms with Gasteiger partial charge >= 0.3 is 0 Å².